The van der Waals surface area contributed by atoms with E-state index in [0.29, 0.717) is 18.4 Å². The predicted octanol–water partition coefficient (Wildman–Crippen LogP) is 1.95. The molecule has 0 spiro atoms. The number of carbonyl (C=O) groups is 1. The molecule has 0 unspecified atom stereocenters. The Morgan fingerprint density at radius 2 is 1.84 bits per heavy atom. The molecule has 1 aromatic carbocycles. The Hall–Kier alpha value is -2.88. The zero-order chi connectivity index (χ0) is 18.3. The van der Waals surface area contributed by atoms with Gasteiger partial charge in [0, 0.05) is 18.3 Å². The maximum Gasteiger partial charge on any atom is 0.245 e. The molecule has 0 aromatic heterocycles. The smallest absolute Gasteiger partial charge is 0.245 e. The standard InChI is InChI=1S/C19H18N4O2/c1-2-6-14-15(13-7-4-3-5-8-13)18(11-21,12-22)17(10-20)9-19(14,25)23-16(17)24/h3-5,7-8,14-15,25H,2,6,9H2,1H3,(H,23,24)/t14-,15-,17-,19-/m1/s1. The highest BCUT2D eigenvalue weighted by Gasteiger charge is 2.76. The minimum absolute atomic E-state index is 0.246. The highest BCUT2D eigenvalue weighted by atomic mass is 16.3. The molecule has 1 aliphatic carbocycles. The average molecular weight is 334 g/mol. The van der Waals surface area contributed by atoms with E-state index in [-0.39, 0.29) is 6.42 Å². The summed E-state index contributed by atoms with van der Waals surface area (Å²) in [4.78, 5) is 12.7. The number of hydrogen-bond acceptors (Lipinski definition) is 5. The molecule has 1 heterocycles. The van der Waals surface area contributed by atoms with E-state index in [1.165, 1.54) is 0 Å². The van der Waals surface area contributed by atoms with Crippen molar-refractivity contribution >= 4 is 5.91 Å². The molecule has 6 nitrogen and oxygen atoms in total. The Bertz CT molecular complexity index is 818. The Labute approximate surface area is 146 Å². The molecule has 1 aliphatic heterocycles. The van der Waals surface area contributed by atoms with Gasteiger partial charge in [-0.25, -0.2) is 0 Å². The molecule has 3 rings (SSSR count). The fraction of sp³-hybridized carbons (Fsp3) is 0.474. The molecular formula is C19H18N4O2. The fourth-order valence-corrected chi connectivity index (χ4v) is 4.61. The quantitative estimate of drug-likeness (QED) is 0.875. The van der Waals surface area contributed by atoms with Gasteiger partial charge in [-0.05, 0) is 12.0 Å². The summed E-state index contributed by atoms with van der Waals surface area (Å²) in [6.45, 7) is 1.94. The first kappa shape index (κ1) is 17.0. The van der Waals surface area contributed by atoms with Crippen LogP contribution in [0.5, 0.6) is 0 Å². The molecular weight excluding hydrogens is 316 g/mol. The number of hydrogen-bond donors (Lipinski definition) is 2. The van der Waals surface area contributed by atoms with Crippen LogP contribution in [0.4, 0.5) is 0 Å². The van der Waals surface area contributed by atoms with Crippen LogP contribution < -0.4 is 5.32 Å². The third-order valence-corrected chi connectivity index (χ3v) is 5.71. The van der Waals surface area contributed by atoms with Crippen molar-refractivity contribution in [2.45, 2.75) is 37.8 Å². The number of nitriles is 3. The molecule has 2 N–H and O–H groups in total. The highest BCUT2D eigenvalue weighted by molar-refractivity contribution is 5.92. The molecule has 1 aromatic rings. The lowest BCUT2D eigenvalue weighted by Gasteiger charge is -2.49. The lowest BCUT2D eigenvalue weighted by atomic mass is 9.48. The predicted molar refractivity (Wildman–Crippen MR) is 87.0 cm³/mol. The Morgan fingerprint density at radius 3 is 2.36 bits per heavy atom. The van der Waals surface area contributed by atoms with Crippen LogP contribution in [-0.2, 0) is 4.79 Å². The molecule has 2 fully saturated rings. The van der Waals surface area contributed by atoms with Crippen molar-refractivity contribution in [1.82, 2.24) is 5.32 Å². The number of aliphatic hydroxyl groups is 1. The molecule has 2 bridgehead atoms. The molecule has 4 atom stereocenters. The number of carbonyl (C=O) groups excluding carboxylic acids is 1. The number of nitrogens with one attached hydrogen (secondary N) is 1. The van der Waals surface area contributed by atoms with Crippen LogP contribution in [0.15, 0.2) is 30.3 Å². The van der Waals surface area contributed by atoms with Crippen LogP contribution in [0.3, 0.4) is 0 Å². The van der Waals surface area contributed by atoms with E-state index in [1.54, 1.807) is 24.3 Å². The van der Waals surface area contributed by atoms with Gasteiger partial charge in [0.25, 0.3) is 0 Å². The van der Waals surface area contributed by atoms with Crippen molar-refractivity contribution < 1.29 is 9.90 Å². The lowest BCUT2D eigenvalue weighted by Crippen LogP contribution is -2.57. The van der Waals surface area contributed by atoms with Gasteiger partial charge in [0.15, 0.2) is 10.8 Å². The molecule has 1 saturated carbocycles. The number of nitrogens with zero attached hydrogens (tertiary/aromatic N) is 3. The Kier molecular flexibility index (Phi) is 3.79. The molecule has 6 heteroatoms. The summed E-state index contributed by atoms with van der Waals surface area (Å²) in [6.07, 6.45) is 0.978. The van der Waals surface area contributed by atoms with Crippen molar-refractivity contribution in [2.24, 2.45) is 16.7 Å². The maximum absolute atomic E-state index is 12.7. The molecule has 25 heavy (non-hydrogen) atoms. The largest absolute Gasteiger partial charge is 0.371 e. The topological polar surface area (TPSA) is 121 Å². The monoisotopic (exact) mass is 334 g/mol. The second kappa shape index (κ2) is 5.59. The van der Waals surface area contributed by atoms with Crippen LogP contribution in [-0.4, -0.2) is 16.7 Å². The molecule has 1 saturated heterocycles. The van der Waals surface area contributed by atoms with Gasteiger partial charge in [-0.2, -0.15) is 15.8 Å². The normalized spacial score (nSPS) is 35.1. The van der Waals surface area contributed by atoms with Crippen molar-refractivity contribution in [3.05, 3.63) is 35.9 Å². The van der Waals surface area contributed by atoms with Gasteiger partial charge in [0.2, 0.25) is 5.91 Å². The van der Waals surface area contributed by atoms with Crippen molar-refractivity contribution in [3.63, 3.8) is 0 Å². The van der Waals surface area contributed by atoms with Gasteiger partial charge >= 0.3 is 0 Å². The van der Waals surface area contributed by atoms with E-state index >= 15 is 0 Å². The molecule has 1 amide bonds. The summed E-state index contributed by atoms with van der Waals surface area (Å²) in [6, 6.07) is 14.9. The number of amides is 1. The number of rotatable bonds is 3. The highest BCUT2D eigenvalue weighted by Crippen LogP contribution is 2.65. The first-order valence-electron chi connectivity index (χ1n) is 8.28. The first-order valence-corrected chi connectivity index (χ1v) is 8.28. The van der Waals surface area contributed by atoms with Gasteiger partial charge in [0.1, 0.15) is 5.72 Å². The minimum atomic E-state index is -1.89. The number of fused-ring (bicyclic) bond motifs is 2. The van der Waals surface area contributed by atoms with Gasteiger partial charge in [0.05, 0.1) is 18.2 Å². The van der Waals surface area contributed by atoms with Crippen LogP contribution in [0.25, 0.3) is 0 Å². The van der Waals surface area contributed by atoms with E-state index < -0.39 is 34.3 Å². The van der Waals surface area contributed by atoms with Crippen LogP contribution in [0.1, 0.15) is 37.7 Å². The van der Waals surface area contributed by atoms with E-state index in [4.69, 9.17) is 0 Å². The van der Waals surface area contributed by atoms with E-state index in [1.807, 2.05) is 31.2 Å². The minimum Gasteiger partial charge on any atom is -0.371 e. The zero-order valence-electron chi connectivity index (χ0n) is 13.9. The number of benzene rings is 1. The third-order valence-electron chi connectivity index (χ3n) is 5.71. The molecule has 0 radical (unpaired) electrons. The van der Waals surface area contributed by atoms with E-state index in [2.05, 4.69) is 5.32 Å². The molecule has 2 aliphatic rings. The van der Waals surface area contributed by atoms with Crippen LogP contribution in [0.2, 0.25) is 0 Å². The maximum atomic E-state index is 12.7. The SMILES string of the molecule is CCC[C@@H]1[C@@H](c2ccccc2)C(C#N)(C#N)[C@@]2(C#N)C[C@]1(O)NC2=O. The summed E-state index contributed by atoms with van der Waals surface area (Å²) in [5.74, 6) is -2.02. The van der Waals surface area contributed by atoms with Crippen LogP contribution in [0, 0.1) is 50.7 Å². The van der Waals surface area contributed by atoms with E-state index in [9.17, 15) is 25.7 Å². The van der Waals surface area contributed by atoms with Crippen molar-refractivity contribution in [1.29, 1.82) is 15.8 Å². The second-order valence-corrected chi connectivity index (χ2v) is 6.89. The van der Waals surface area contributed by atoms with E-state index in [0.717, 1.165) is 0 Å². The van der Waals surface area contributed by atoms with Crippen LogP contribution >= 0.6 is 0 Å². The summed E-state index contributed by atoms with van der Waals surface area (Å²) in [5.41, 5.74) is -4.68. The fourth-order valence-electron chi connectivity index (χ4n) is 4.61. The van der Waals surface area contributed by atoms with Gasteiger partial charge in [-0.15, -0.1) is 0 Å². The van der Waals surface area contributed by atoms with Crippen molar-refractivity contribution in [2.75, 3.05) is 0 Å². The second-order valence-electron chi connectivity index (χ2n) is 6.89. The third kappa shape index (κ3) is 1.94. The molecule has 126 valence electrons. The zero-order valence-corrected chi connectivity index (χ0v) is 13.9. The Morgan fingerprint density at radius 1 is 1.20 bits per heavy atom. The van der Waals surface area contributed by atoms with Gasteiger partial charge in [-0.3, -0.25) is 4.79 Å². The Balaban J connectivity index is 2.35. The summed E-state index contributed by atoms with van der Waals surface area (Å²) >= 11 is 0. The van der Waals surface area contributed by atoms with Gasteiger partial charge < -0.3 is 10.4 Å². The lowest BCUT2D eigenvalue weighted by molar-refractivity contribution is -0.128. The summed E-state index contributed by atoms with van der Waals surface area (Å²) in [7, 11) is 0. The first-order chi connectivity index (χ1) is 11.9. The summed E-state index contributed by atoms with van der Waals surface area (Å²) < 4.78 is 0. The summed E-state index contributed by atoms with van der Waals surface area (Å²) in [5, 5.41) is 43.5. The van der Waals surface area contributed by atoms with Crippen molar-refractivity contribution in [3.8, 4) is 18.2 Å². The van der Waals surface area contributed by atoms with Gasteiger partial charge in [-0.1, -0.05) is 43.7 Å². The average Bonchev–Trinajstić information content (AvgIpc) is 2.88.